The Bertz CT molecular complexity index is 295. The van der Waals surface area contributed by atoms with E-state index >= 15 is 0 Å². The van der Waals surface area contributed by atoms with Gasteiger partial charge in [-0.3, -0.25) is 4.79 Å². The van der Waals surface area contributed by atoms with E-state index < -0.39 is 5.54 Å². The normalized spacial score (nSPS) is 30.2. The number of carbonyl (C=O) groups is 1. The molecule has 2 fully saturated rings. The van der Waals surface area contributed by atoms with Crippen LogP contribution in [-0.4, -0.2) is 74.7 Å². The third-order valence-electron chi connectivity index (χ3n) is 4.52. The molecule has 0 amide bonds. The zero-order chi connectivity index (χ0) is 13.7. The average molecular weight is 269 g/mol. The van der Waals surface area contributed by atoms with Crippen LogP contribution in [0.3, 0.4) is 0 Å². The predicted molar refractivity (Wildman–Crippen MR) is 75.2 cm³/mol. The van der Waals surface area contributed by atoms with Crippen molar-refractivity contribution in [2.75, 3.05) is 53.4 Å². The van der Waals surface area contributed by atoms with Crippen LogP contribution in [-0.2, 0) is 9.53 Å². The smallest absolute Gasteiger partial charge is 0.326 e. The fraction of sp³-hybridized carbons (Fsp3) is 0.929. The second-order valence-electron chi connectivity index (χ2n) is 5.85. The molecule has 0 aromatic carbocycles. The molecule has 1 unspecified atom stereocenters. The third-order valence-corrected chi connectivity index (χ3v) is 4.52. The number of nitrogens with zero attached hydrogens (tertiary/aromatic N) is 2. The molecule has 2 aliphatic heterocycles. The number of hydrogen-bond donors (Lipinski definition) is 1. The van der Waals surface area contributed by atoms with E-state index in [4.69, 9.17) is 4.74 Å². The molecule has 1 atom stereocenters. The molecule has 19 heavy (non-hydrogen) atoms. The molecule has 0 radical (unpaired) electrons. The molecule has 2 rings (SSSR count). The van der Waals surface area contributed by atoms with E-state index in [1.165, 1.54) is 7.11 Å². The molecule has 0 bridgehead atoms. The van der Waals surface area contributed by atoms with Crippen molar-refractivity contribution < 1.29 is 9.53 Å². The summed E-state index contributed by atoms with van der Waals surface area (Å²) in [6, 6.07) is 0. The molecule has 2 saturated heterocycles. The van der Waals surface area contributed by atoms with Crippen LogP contribution in [0.5, 0.6) is 0 Å². The first-order chi connectivity index (χ1) is 9.16. The number of likely N-dealkylation sites (N-methyl/N-ethyl adjacent to an activating group) is 1. The summed E-state index contributed by atoms with van der Waals surface area (Å²) < 4.78 is 5.02. The lowest BCUT2D eigenvalue weighted by molar-refractivity contribution is -0.150. The van der Waals surface area contributed by atoms with Crippen LogP contribution in [0.25, 0.3) is 0 Å². The van der Waals surface area contributed by atoms with Crippen molar-refractivity contribution in [1.29, 1.82) is 0 Å². The summed E-state index contributed by atoms with van der Waals surface area (Å²) in [5.41, 5.74) is -0.434. The Kier molecular flexibility index (Phi) is 5.19. The maximum Gasteiger partial charge on any atom is 0.326 e. The maximum atomic E-state index is 12.1. The summed E-state index contributed by atoms with van der Waals surface area (Å²) in [7, 11) is 3.66. The van der Waals surface area contributed by atoms with Gasteiger partial charge in [-0.2, -0.15) is 0 Å². The number of piperidine rings is 1. The van der Waals surface area contributed by atoms with Gasteiger partial charge in [0.1, 0.15) is 5.54 Å². The van der Waals surface area contributed by atoms with Crippen LogP contribution in [0.15, 0.2) is 0 Å². The predicted octanol–water partition coefficient (Wildman–Crippen LogP) is 0.309. The van der Waals surface area contributed by atoms with E-state index in [1.807, 2.05) is 0 Å². The van der Waals surface area contributed by atoms with E-state index in [0.717, 1.165) is 65.0 Å². The van der Waals surface area contributed by atoms with E-state index in [2.05, 4.69) is 22.2 Å². The molecule has 2 heterocycles. The van der Waals surface area contributed by atoms with Crippen LogP contribution in [0.2, 0.25) is 0 Å². The molecule has 1 N–H and O–H groups in total. The Balaban J connectivity index is 1.87. The minimum Gasteiger partial charge on any atom is -0.468 e. The number of carbonyl (C=O) groups excluding carboxylic acids is 1. The van der Waals surface area contributed by atoms with Gasteiger partial charge in [0.05, 0.1) is 7.11 Å². The molecular weight excluding hydrogens is 242 g/mol. The van der Waals surface area contributed by atoms with Gasteiger partial charge in [0, 0.05) is 32.7 Å². The van der Waals surface area contributed by atoms with E-state index in [0.29, 0.717) is 0 Å². The molecule has 0 spiro atoms. The Hall–Kier alpha value is -0.650. The van der Waals surface area contributed by atoms with Gasteiger partial charge >= 0.3 is 5.97 Å². The van der Waals surface area contributed by atoms with Gasteiger partial charge in [-0.1, -0.05) is 0 Å². The number of hydrogen-bond acceptors (Lipinski definition) is 5. The zero-order valence-electron chi connectivity index (χ0n) is 12.3. The van der Waals surface area contributed by atoms with Crippen LogP contribution in [0.1, 0.15) is 25.7 Å². The monoisotopic (exact) mass is 269 g/mol. The second-order valence-corrected chi connectivity index (χ2v) is 5.85. The second kappa shape index (κ2) is 6.68. The van der Waals surface area contributed by atoms with E-state index in [-0.39, 0.29) is 5.97 Å². The van der Waals surface area contributed by atoms with Crippen molar-refractivity contribution in [2.45, 2.75) is 31.2 Å². The molecular formula is C14H27N3O2. The Morgan fingerprint density at radius 2 is 2.00 bits per heavy atom. The average Bonchev–Trinajstić information content (AvgIpc) is 2.47. The molecule has 2 aliphatic rings. The topological polar surface area (TPSA) is 44.8 Å². The van der Waals surface area contributed by atoms with Crippen LogP contribution >= 0.6 is 0 Å². The van der Waals surface area contributed by atoms with Crippen molar-refractivity contribution in [3.63, 3.8) is 0 Å². The minimum absolute atomic E-state index is 0.0821. The van der Waals surface area contributed by atoms with E-state index in [9.17, 15) is 4.79 Å². The minimum atomic E-state index is -0.434. The fourth-order valence-corrected chi connectivity index (χ4v) is 3.07. The van der Waals surface area contributed by atoms with Gasteiger partial charge in [0.15, 0.2) is 0 Å². The summed E-state index contributed by atoms with van der Waals surface area (Å²) in [6.07, 6.45) is 4.05. The summed E-state index contributed by atoms with van der Waals surface area (Å²) in [5.74, 6) is -0.0821. The molecule has 5 heteroatoms. The number of piperazine rings is 1. The van der Waals surface area contributed by atoms with E-state index in [1.54, 1.807) is 0 Å². The summed E-state index contributed by atoms with van der Waals surface area (Å²) in [4.78, 5) is 16.9. The number of esters is 1. The Labute approximate surface area is 116 Å². The van der Waals surface area contributed by atoms with Gasteiger partial charge in [-0.25, -0.2) is 0 Å². The van der Waals surface area contributed by atoms with Crippen molar-refractivity contribution in [3.8, 4) is 0 Å². The van der Waals surface area contributed by atoms with Gasteiger partial charge in [-0.15, -0.1) is 0 Å². The van der Waals surface area contributed by atoms with Gasteiger partial charge in [-0.05, 0) is 39.3 Å². The van der Waals surface area contributed by atoms with Gasteiger partial charge in [0.25, 0.3) is 0 Å². The lowest BCUT2D eigenvalue weighted by atomic mass is 9.85. The first kappa shape index (κ1) is 14.8. The lowest BCUT2D eigenvalue weighted by Crippen LogP contribution is -2.57. The quantitative estimate of drug-likeness (QED) is 0.744. The van der Waals surface area contributed by atoms with Crippen molar-refractivity contribution in [2.24, 2.45) is 0 Å². The summed E-state index contributed by atoms with van der Waals surface area (Å²) >= 11 is 0. The Morgan fingerprint density at radius 3 is 2.58 bits per heavy atom. The van der Waals surface area contributed by atoms with Gasteiger partial charge in [0.2, 0.25) is 0 Å². The van der Waals surface area contributed by atoms with Crippen molar-refractivity contribution >= 4 is 5.97 Å². The highest BCUT2D eigenvalue weighted by Crippen LogP contribution is 2.25. The fourth-order valence-electron chi connectivity index (χ4n) is 3.07. The molecule has 5 nitrogen and oxygen atoms in total. The highest BCUT2D eigenvalue weighted by molar-refractivity contribution is 5.80. The first-order valence-electron chi connectivity index (χ1n) is 7.41. The number of methoxy groups -OCH3 is 1. The summed E-state index contributed by atoms with van der Waals surface area (Å²) in [6.45, 7) is 6.37. The van der Waals surface area contributed by atoms with Crippen LogP contribution < -0.4 is 5.32 Å². The first-order valence-corrected chi connectivity index (χ1v) is 7.41. The largest absolute Gasteiger partial charge is 0.468 e. The highest BCUT2D eigenvalue weighted by Gasteiger charge is 2.40. The zero-order valence-corrected chi connectivity index (χ0v) is 12.3. The van der Waals surface area contributed by atoms with Gasteiger partial charge < -0.3 is 19.9 Å². The maximum absolute atomic E-state index is 12.1. The van der Waals surface area contributed by atoms with Crippen LogP contribution in [0.4, 0.5) is 0 Å². The molecule has 0 aromatic heterocycles. The molecule has 0 aromatic rings. The van der Waals surface area contributed by atoms with Crippen molar-refractivity contribution in [1.82, 2.24) is 15.1 Å². The number of rotatable bonds is 4. The van der Waals surface area contributed by atoms with Crippen LogP contribution in [0, 0.1) is 0 Å². The number of nitrogens with one attached hydrogen (secondary N) is 1. The third kappa shape index (κ3) is 3.68. The molecule has 0 aliphatic carbocycles. The van der Waals surface area contributed by atoms with Crippen molar-refractivity contribution in [3.05, 3.63) is 0 Å². The molecule has 0 saturated carbocycles. The highest BCUT2D eigenvalue weighted by atomic mass is 16.5. The SMILES string of the molecule is COC(=O)C1(CCN2CCN(C)CC2)CCCCN1. The summed E-state index contributed by atoms with van der Waals surface area (Å²) in [5, 5.41) is 3.42. The Morgan fingerprint density at radius 1 is 1.26 bits per heavy atom. The lowest BCUT2D eigenvalue weighted by Gasteiger charge is -2.39. The number of ether oxygens (including phenoxy) is 1. The molecule has 110 valence electrons. The standard InChI is InChI=1S/C14H27N3O2/c1-16-9-11-17(12-10-16)8-6-14(13(18)19-2)5-3-4-7-15-14/h15H,3-12H2,1-2H3.